The van der Waals surface area contributed by atoms with Gasteiger partial charge in [0.2, 0.25) is 0 Å². The standard InChI is InChI=1S/C10H19N/c1-9-4-2-3-7-11-10(8-9)5-6-10/h9,11H,2-8H2,1H3. The summed E-state index contributed by atoms with van der Waals surface area (Å²) in [5.41, 5.74) is 0.625. The second kappa shape index (κ2) is 2.78. The number of hydrogen-bond donors (Lipinski definition) is 1. The first kappa shape index (κ1) is 7.60. The topological polar surface area (TPSA) is 12.0 Å². The molecule has 11 heavy (non-hydrogen) atoms. The SMILES string of the molecule is CC1CCCCNC2(CC2)C1. The van der Waals surface area contributed by atoms with E-state index in [-0.39, 0.29) is 0 Å². The molecule has 0 bridgehead atoms. The first-order valence-corrected chi connectivity index (χ1v) is 5.06. The summed E-state index contributed by atoms with van der Waals surface area (Å²) in [4.78, 5) is 0. The van der Waals surface area contributed by atoms with Crippen LogP contribution in [-0.4, -0.2) is 12.1 Å². The zero-order valence-corrected chi connectivity index (χ0v) is 7.53. The summed E-state index contributed by atoms with van der Waals surface area (Å²) in [5.74, 6) is 0.963. The molecule has 1 atom stereocenters. The maximum Gasteiger partial charge on any atom is 0.0185 e. The van der Waals surface area contributed by atoms with E-state index in [0.717, 1.165) is 5.92 Å². The van der Waals surface area contributed by atoms with E-state index in [4.69, 9.17) is 0 Å². The predicted octanol–water partition coefficient (Wildman–Crippen LogP) is 2.32. The Morgan fingerprint density at radius 2 is 2.09 bits per heavy atom. The number of nitrogens with one attached hydrogen (secondary N) is 1. The fourth-order valence-electron chi connectivity index (χ4n) is 2.34. The molecule has 0 radical (unpaired) electrons. The molecule has 1 N–H and O–H groups in total. The minimum atomic E-state index is 0.625. The van der Waals surface area contributed by atoms with Crippen molar-refractivity contribution in [3.63, 3.8) is 0 Å². The summed E-state index contributed by atoms with van der Waals surface area (Å²) >= 11 is 0. The van der Waals surface area contributed by atoms with E-state index >= 15 is 0 Å². The van der Waals surface area contributed by atoms with Gasteiger partial charge in [0.1, 0.15) is 0 Å². The Labute approximate surface area is 69.6 Å². The van der Waals surface area contributed by atoms with Crippen molar-refractivity contribution in [3.8, 4) is 0 Å². The third kappa shape index (κ3) is 1.76. The van der Waals surface area contributed by atoms with Gasteiger partial charge >= 0.3 is 0 Å². The molecule has 1 aliphatic heterocycles. The Morgan fingerprint density at radius 3 is 2.82 bits per heavy atom. The van der Waals surface area contributed by atoms with Gasteiger partial charge in [0.15, 0.2) is 0 Å². The van der Waals surface area contributed by atoms with Gasteiger partial charge in [-0.15, -0.1) is 0 Å². The molecule has 1 heterocycles. The molecular formula is C10H19N. The normalized spacial score (nSPS) is 36.3. The summed E-state index contributed by atoms with van der Waals surface area (Å²) in [6.07, 6.45) is 8.61. The second-order valence-corrected chi connectivity index (χ2v) is 4.51. The van der Waals surface area contributed by atoms with Crippen molar-refractivity contribution in [2.24, 2.45) is 5.92 Å². The molecule has 2 rings (SSSR count). The third-order valence-electron chi connectivity index (χ3n) is 3.22. The van der Waals surface area contributed by atoms with Crippen molar-refractivity contribution in [1.29, 1.82) is 0 Å². The van der Waals surface area contributed by atoms with Crippen LogP contribution in [0.1, 0.15) is 45.4 Å². The largest absolute Gasteiger partial charge is 0.311 e. The van der Waals surface area contributed by atoms with Gasteiger partial charge in [-0.3, -0.25) is 0 Å². The van der Waals surface area contributed by atoms with Crippen molar-refractivity contribution in [1.82, 2.24) is 5.32 Å². The van der Waals surface area contributed by atoms with Gasteiger partial charge < -0.3 is 5.32 Å². The molecule has 0 aromatic heterocycles. The smallest absolute Gasteiger partial charge is 0.0185 e. The lowest BCUT2D eigenvalue weighted by molar-refractivity contribution is 0.331. The first-order valence-electron chi connectivity index (χ1n) is 5.06. The van der Waals surface area contributed by atoms with Crippen molar-refractivity contribution < 1.29 is 0 Å². The zero-order valence-electron chi connectivity index (χ0n) is 7.53. The summed E-state index contributed by atoms with van der Waals surface area (Å²) < 4.78 is 0. The molecule has 2 aliphatic rings. The average molecular weight is 153 g/mol. The van der Waals surface area contributed by atoms with E-state index in [9.17, 15) is 0 Å². The van der Waals surface area contributed by atoms with Crippen molar-refractivity contribution >= 4 is 0 Å². The summed E-state index contributed by atoms with van der Waals surface area (Å²) in [5, 5.41) is 3.70. The minimum Gasteiger partial charge on any atom is -0.311 e. The summed E-state index contributed by atoms with van der Waals surface area (Å²) in [6.45, 7) is 3.68. The van der Waals surface area contributed by atoms with E-state index in [1.807, 2.05) is 0 Å². The van der Waals surface area contributed by atoms with Crippen molar-refractivity contribution in [2.75, 3.05) is 6.54 Å². The van der Waals surface area contributed by atoms with Gasteiger partial charge in [0.05, 0.1) is 0 Å². The average Bonchev–Trinajstić information content (AvgIpc) is 2.65. The van der Waals surface area contributed by atoms with E-state index in [2.05, 4.69) is 12.2 Å². The molecular weight excluding hydrogens is 134 g/mol. The molecule has 1 saturated heterocycles. The van der Waals surface area contributed by atoms with Crippen LogP contribution in [0.15, 0.2) is 0 Å². The van der Waals surface area contributed by atoms with Crippen LogP contribution in [-0.2, 0) is 0 Å². The lowest BCUT2D eigenvalue weighted by atomic mass is 9.93. The molecule has 2 fully saturated rings. The Balaban J connectivity index is 1.90. The Morgan fingerprint density at radius 1 is 1.27 bits per heavy atom. The highest BCUT2D eigenvalue weighted by molar-refractivity contribution is 5.02. The fraction of sp³-hybridized carbons (Fsp3) is 1.00. The van der Waals surface area contributed by atoms with E-state index in [1.165, 1.54) is 45.1 Å². The lowest BCUT2D eigenvalue weighted by Crippen LogP contribution is -2.35. The number of rotatable bonds is 0. The predicted molar refractivity (Wildman–Crippen MR) is 47.6 cm³/mol. The molecule has 1 heteroatoms. The molecule has 1 aliphatic carbocycles. The van der Waals surface area contributed by atoms with Crippen molar-refractivity contribution in [2.45, 2.75) is 51.0 Å². The van der Waals surface area contributed by atoms with E-state index in [1.54, 1.807) is 0 Å². The van der Waals surface area contributed by atoms with Crippen LogP contribution in [0.2, 0.25) is 0 Å². The van der Waals surface area contributed by atoms with Crippen LogP contribution in [0.3, 0.4) is 0 Å². The van der Waals surface area contributed by atoms with Gasteiger partial charge in [-0.1, -0.05) is 19.8 Å². The van der Waals surface area contributed by atoms with E-state index in [0.29, 0.717) is 5.54 Å². The molecule has 1 saturated carbocycles. The summed E-state index contributed by atoms with van der Waals surface area (Å²) in [6, 6.07) is 0. The van der Waals surface area contributed by atoms with Crippen LogP contribution in [0.4, 0.5) is 0 Å². The monoisotopic (exact) mass is 153 g/mol. The highest BCUT2D eigenvalue weighted by atomic mass is 15.0. The molecule has 1 spiro atoms. The highest BCUT2D eigenvalue weighted by Crippen LogP contribution is 2.42. The second-order valence-electron chi connectivity index (χ2n) is 4.51. The van der Waals surface area contributed by atoms with Crippen LogP contribution in [0.25, 0.3) is 0 Å². The first-order chi connectivity index (χ1) is 5.31. The van der Waals surface area contributed by atoms with Crippen LogP contribution < -0.4 is 5.32 Å². The Bertz CT molecular complexity index is 138. The fourth-order valence-corrected chi connectivity index (χ4v) is 2.34. The van der Waals surface area contributed by atoms with Crippen LogP contribution in [0.5, 0.6) is 0 Å². The quantitative estimate of drug-likeness (QED) is 0.563. The zero-order chi connectivity index (χ0) is 7.73. The Kier molecular flexibility index (Phi) is 1.92. The summed E-state index contributed by atoms with van der Waals surface area (Å²) in [7, 11) is 0. The molecule has 0 aromatic rings. The molecule has 0 aromatic carbocycles. The third-order valence-corrected chi connectivity index (χ3v) is 3.22. The van der Waals surface area contributed by atoms with E-state index < -0.39 is 0 Å². The van der Waals surface area contributed by atoms with Crippen LogP contribution >= 0.6 is 0 Å². The Hall–Kier alpha value is -0.0400. The van der Waals surface area contributed by atoms with Gasteiger partial charge in [0, 0.05) is 5.54 Å². The van der Waals surface area contributed by atoms with Crippen LogP contribution in [0, 0.1) is 5.92 Å². The minimum absolute atomic E-state index is 0.625. The molecule has 64 valence electrons. The molecule has 1 unspecified atom stereocenters. The van der Waals surface area contributed by atoms with Gasteiger partial charge in [-0.05, 0) is 38.1 Å². The van der Waals surface area contributed by atoms with Gasteiger partial charge in [-0.25, -0.2) is 0 Å². The maximum absolute atomic E-state index is 3.70. The molecule has 1 nitrogen and oxygen atoms in total. The van der Waals surface area contributed by atoms with Crippen molar-refractivity contribution in [3.05, 3.63) is 0 Å². The lowest BCUT2D eigenvalue weighted by Gasteiger charge is -2.24. The molecule has 0 amide bonds. The van der Waals surface area contributed by atoms with Gasteiger partial charge in [0.25, 0.3) is 0 Å². The maximum atomic E-state index is 3.70. The van der Waals surface area contributed by atoms with Gasteiger partial charge in [-0.2, -0.15) is 0 Å². The number of hydrogen-bond acceptors (Lipinski definition) is 1. The highest BCUT2D eigenvalue weighted by Gasteiger charge is 2.42.